The van der Waals surface area contributed by atoms with Crippen molar-refractivity contribution in [3.8, 4) is 0 Å². The zero-order chi connectivity index (χ0) is 15.5. The number of thiophene rings is 1. The number of nitrogens with zero attached hydrogens (tertiary/aromatic N) is 2. The maximum atomic E-state index is 4.48. The van der Waals surface area contributed by atoms with Gasteiger partial charge in [-0.2, -0.15) is 0 Å². The van der Waals surface area contributed by atoms with E-state index >= 15 is 0 Å². The summed E-state index contributed by atoms with van der Waals surface area (Å²) >= 11 is 5.26. The van der Waals surface area contributed by atoms with Crippen molar-refractivity contribution in [3.63, 3.8) is 0 Å². The Balaban J connectivity index is 2.02. The Morgan fingerprint density at radius 2 is 2.10 bits per heavy atom. The third-order valence-corrected chi connectivity index (χ3v) is 4.72. The standard InChI is InChI=1S/C16H22BrN3S/c1-16(2,3)19-9-12-5-6-18-15(7-12)20(4)10-14-8-13(17)11-21-14/h5-8,11,19H,9-10H2,1-4H3. The van der Waals surface area contributed by atoms with Crippen LogP contribution in [-0.4, -0.2) is 17.6 Å². The van der Waals surface area contributed by atoms with E-state index in [4.69, 9.17) is 0 Å². The summed E-state index contributed by atoms with van der Waals surface area (Å²) in [5.41, 5.74) is 1.38. The molecular weight excluding hydrogens is 346 g/mol. The van der Waals surface area contributed by atoms with Crippen LogP contribution in [0.2, 0.25) is 0 Å². The molecule has 5 heteroatoms. The minimum absolute atomic E-state index is 0.124. The average molecular weight is 368 g/mol. The van der Waals surface area contributed by atoms with Gasteiger partial charge in [-0.3, -0.25) is 0 Å². The lowest BCUT2D eigenvalue weighted by molar-refractivity contribution is 0.424. The summed E-state index contributed by atoms with van der Waals surface area (Å²) in [6, 6.07) is 6.38. The molecule has 0 fully saturated rings. The summed E-state index contributed by atoms with van der Waals surface area (Å²) in [6.45, 7) is 8.26. The quantitative estimate of drug-likeness (QED) is 0.846. The molecule has 2 aromatic rings. The Labute approximate surface area is 139 Å². The fraction of sp³-hybridized carbons (Fsp3) is 0.438. The molecule has 0 saturated carbocycles. The predicted octanol–water partition coefficient (Wildman–Crippen LogP) is 4.43. The molecule has 0 aliphatic carbocycles. The SMILES string of the molecule is CN(Cc1cc(Br)cs1)c1cc(CNC(C)(C)C)ccn1. The number of aromatic nitrogens is 1. The van der Waals surface area contributed by atoms with Crippen LogP contribution in [0.25, 0.3) is 0 Å². The molecule has 114 valence electrons. The highest BCUT2D eigenvalue weighted by atomic mass is 79.9. The molecule has 0 atom stereocenters. The summed E-state index contributed by atoms with van der Waals surface area (Å²) in [5, 5.41) is 5.62. The number of hydrogen-bond acceptors (Lipinski definition) is 4. The largest absolute Gasteiger partial charge is 0.355 e. The van der Waals surface area contributed by atoms with Gasteiger partial charge in [0.05, 0.1) is 6.54 Å². The van der Waals surface area contributed by atoms with Crippen molar-refractivity contribution in [1.82, 2.24) is 10.3 Å². The van der Waals surface area contributed by atoms with Crippen LogP contribution in [0, 0.1) is 0 Å². The van der Waals surface area contributed by atoms with E-state index in [2.05, 4.69) is 82.5 Å². The molecule has 0 saturated heterocycles. The van der Waals surface area contributed by atoms with Crippen LogP contribution >= 0.6 is 27.3 Å². The minimum Gasteiger partial charge on any atom is -0.355 e. The molecule has 21 heavy (non-hydrogen) atoms. The van der Waals surface area contributed by atoms with E-state index in [9.17, 15) is 0 Å². The Bertz CT molecular complexity index is 589. The summed E-state index contributed by atoms with van der Waals surface area (Å²) in [4.78, 5) is 7.98. The molecular formula is C16H22BrN3S. The van der Waals surface area contributed by atoms with Gasteiger partial charge in [0.15, 0.2) is 0 Å². The fourth-order valence-corrected chi connectivity index (χ4v) is 3.40. The van der Waals surface area contributed by atoms with E-state index in [-0.39, 0.29) is 5.54 Å². The Morgan fingerprint density at radius 1 is 1.33 bits per heavy atom. The second-order valence-corrected chi connectivity index (χ2v) is 8.12. The van der Waals surface area contributed by atoms with Gasteiger partial charge in [-0.25, -0.2) is 4.98 Å². The first-order valence-corrected chi connectivity index (χ1v) is 8.65. The first kappa shape index (κ1) is 16.5. The topological polar surface area (TPSA) is 28.2 Å². The van der Waals surface area contributed by atoms with Crippen molar-refractivity contribution in [1.29, 1.82) is 0 Å². The molecule has 0 aliphatic heterocycles. The summed E-state index contributed by atoms with van der Waals surface area (Å²) in [6.07, 6.45) is 1.88. The van der Waals surface area contributed by atoms with E-state index < -0.39 is 0 Å². The van der Waals surface area contributed by atoms with E-state index in [1.54, 1.807) is 11.3 Å². The van der Waals surface area contributed by atoms with Crippen molar-refractivity contribution >= 4 is 33.1 Å². The number of hydrogen-bond donors (Lipinski definition) is 1. The highest BCUT2D eigenvalue weighted by Gasteiger charge is 2.10. The monoisotopic (exact) mass is 367 g/mol. The predicted molar refractivity (Wildman–Crippen MR) is 95.0 cm³/mol. The first-order chi connectivity index (χ1) is 9.83. The summed E-state index contributed by atoms with van der Waals surface area (Å²) in [7, 11) is 2.08. The average Bonchev–Trinajstić information content (AvgIpc) is 2.81. The van der Waals surface area contributed by atoms with Crippen molar-refractivity contribution < 1.29 is 0 Å². The van der Waals surface area contributed by atoms with Crippen LogP contribution in [0.3, 0.4) is 0 Å². The highest BCUT2D eigenvalue weighted by Crippen LogP contribution is 2.22. The van der Waals surface area contributed by atoms with Gasteiger partial charge >= 0.3 is 0 Å². The zero-order valence-electron chi connectivity index (χ0n) is 13.0. The molecule has 0 radical (unpaired) electrons. The molecule has 0 bridgehead atoms. The number of halogens is 1. The second kappa shape index (κ2) is 6.90. The Kier molecular flexibility index (Phi) is 5.41. The van der Waals surface area contributed by atoms with Crippen LogP contribution in [0.5, 0.6) is 0 Å². The van der Waals surface area contributed by atoms with Gasteiger partial charge in [0, 0.05) is 40.1 Å². The first-order valence-electron chi connectivity index (χ1n) is 6.97. The van der Waals surface area contributed by atoms with Gasteiger partial charge in [0.1, 0.15) is 5.82 Å². The smallest absolute Gasteiger partial charge is 0.128 e. The highest BCUT2D eigenvalue weighted by molar-refractivity contribution is 9.10. The molecule has 1 N–H and O–H groups in total. The molecule has 0 spiro atoms. The van der Waals surface area contributed by atoms with Crippen molar-refractivity contribution in [3.05, 3.63) is 44.7 Å². The lowest BCUT2D eigenvalue weighted by Crippen LogP contribution is -2.35. The van der Waals surface area contributed by atoms with Gasteiger partial charge < -0.3 is 10.2 Å². The van der Waals surface area contributed by atoms with Crippen LogP contribution in [0.1, 0.15) is 31.2 Å². The van der Waals surface area contributed by atoms with Gasteiger partial charge in [0.25, 0.3) is 0 Å². The van der Waals surface area contributed by atoms with Crippen molar-refractivity contribution in [2.75, 3.05) is 11.9 Å². The third kappa shape index (κ3) is 5.41. The molecule has 3 nitrogen and oxygen atoms in total. The maximum Gasteiger partial charge on any atom is 0.128 e. The molecule has 0 aromatic carbocycles. The maximum absolute atomic E-state index is 4.48. The molecule has 0 amide bonds. The van der Waals surface area contributed by atoms with Gasteiger partial charge in [-0.1, -0.05) is 0 Å². The lowest BCUT2D eigenvalue weighted by atomic mass is 10.1. The fourth-order valence-electron chi connectivity index (χ4n) is 1.90. The number of nitrogens with one attached hydrogen (secondary N) is 1. The van der Waals surface area contributed by atoms with Gasteiger partial charge in [-0.15, -0.1) is 11.3 Å². The molecule has 0 unspecified atom stereocenters. The Morgan fingerprint density at radius 3 is 2.71 bits per heavy atom. The summed E-state index contributed by atoms with van der Waals surface area (Å²) in [5.74, 6) is 1.01. The van der Waals surface area contributed by atoms with E-state index in [0.717, 1.165) is 23.4 Å². The van der Waals surface area contributed by atoms with Crippen molar-refractivity contribution in [2.24, 2.45) is 0 Å². The van der Waals surface area contributed by atoms with Crippen LogP contribution in [0.4, 0.5) is 5.82 Å². The molecule has 2 aromatic heterocycles. The van der Waals surface area contributed by atoms with Crippen LogP contribution in [0.15, 0.2) is 34.2 Å². The third-order valence-electron chi connectivity index (χ3n) is 3.04. The second-order valence-electron chi connectivity index (χ2n) is 6.21. The van der Waals surface area contributed by atoms with Gasteiger partial charge in [0.2, 0.25) is 0 Å². The Hall–Kier alpha value is -0.910. The van der Waals surface area contributed by atoms with Crippen LogP contribution in [-0.2, 0) is 13.1 Å². The molecule has 2 heterocycles. The number of pyridine rings is 1. The minimum atomic E-state index is 0.124. The number of rotatable bonds is 5. The van der Waals surface area contributed by atoms with Crippen molar-refractivity contribution in [2.45, 2.75) is 39.4 Å². The molecule has 0 aliphatic rings. The van der Waals surface area contributed by atoms with Crippen LogP contribution < -0.4 is 10.2 Å². The normalized spacial score (nSPS) is 11.7. The van der Waals surface area contributed by atoms with E-state index in [1.165, 1.54) is 10.4 Å². The van der Waals surface area contributed by atoms with Gasteiger partial charge in [-0.05, 0) is 60.5 Å². The summed E-state index contributed by atoms with van der Waals surface area (Å²) < 4.78 is 1.15. The van der Waals surface area contributed by atoms with E-state index in [0.29, 0.717) is 0 Å². The number of anilines is 1. The zero-order valence-corrected chi connectivity index (χ0v) is 15.4. The van der Waals surface area contributed by atoms with E-state index in [1.807, 2.05) is 6.20 Å². The lowest BCUT2D eigenvalue weighted by Gasteiger charge is -2.22. The molecule has 2 rings (SSSR count).